The number of aromatic nitrogens is 1. The lowest BCUT2D eigenvalue weighted by Crippen LogP contribution is -2.13. The van der Waals surface area contributed by atoms with Crippen molar-refractivity contribution in [2.75, 3.05) is 0 Å². The lowest BCUT2D eigenvalue weighted by atomic mass is 10.0. The van der Waals surface area contributed by atoms with Gasteiger partial charge in [0.25, 0.3) is 0 Å². The average molecular weight is 251 g/mol. The van der Waals surface area contributed by atoms with Gasteiger partial charge in [-0.3, -0.25) is 4.98 Å². The summed E-state index contributed by atoms with van der Waals surface area (Å²) in [6.07, 6.45) is 3.81. The van der Waals surface area contributed by atoms with Crippen LogP contribution in [0, 0.1) is 5.82 Å². The molecule has 0 amide bonds. The van der Waals surface area contributed by atoms with E-state index in [1.54, 1.807) is 18.5 Å². The average Bonchev–Trinajstić information content (AvgIpc) is 2.32. The number of nitrogens with zero attached hydrogens (tertiary/aromatic N) is 1. The van der Waals surface area contributed by atoms with E-state index < -0.39 is 0 Å². The Bertz CT molecular complexity index is 516. The summed E-state index contributed by atoms with van der Waals surface area (Å²) in [7, 11) is 0. The monoisotopic (exact) mass is 250 g/mol. The third kappa shape index (κ3) is 3.02. The lowest BCUT2D eigenvalue weighted by molar-refractivity contribution is 0.618. The molecule has 0 fully saturated rings. The first-order valence-electron chi connectivity index (χ1n) is 5.26. The summed E-state index contributed by atoms with van der Waals surface area (Å²) in [6, 6.07) is 7.85. The zero-order chi connectivity index (χ0) is 12.3. The molecule has 1 unspecified atom stereocenters. The van der Waals surface area contributed by atoms with Crippen LogP contribution >= 0.6 is 11.6 Å². The Morgan fingerprint density at radius 1 is 1.35 bits per heavy atom. The second-order valence-electron chi connectivity index (χ2n) is 3.83. The highest BCUT2D eigenvalue weighted by Gasteiger charge is 2.10. The maximum absolute atomic E-state index is 13.1. The van der Waals surface area contributed by atoms with Crippen LogP contribution in [0.25, 0.3) is 0 Å². The topological polar surface area (TPSA) is 38.9 Å². The van der Waals surface area contributed by atoms with Crippen LogP contribution < -0.4 is 5.73 Å². The summed E-state index contributed by atoms with van der Waals surface area (Å²) < 4.78 is 13.1. The highest BCUT2D eigenvalue weighted by Crippen LogP contribution is 2.21. The number of nitrogens with two attached hydrogens (primary N) is 1. The summed E-state index contributed by atoms with van der Waals surface area (Å²) in [4.78, 5) is 3.91. The molecule has 1 aromatic heterocycles. The number of hydrogen-bond donors (Lipinski definition) is 1. The Labute approximate surface area is 104 Å². The zero-order valence-electron chi connectivity index (χ0n) is 9.11. The Morgan fingerprint density at radius 2 is 2.18 bits per heavy atom. The van der Waals surface area contributed by atoms with Crippen molar-refractivity contribution in [3.05, 3.63) is 64.7 Å². The smallest absolute Gasteiger partial charge is 0.123 e. The van der Waals surface area contributed by atoms with Gasteiger partial charge in [-0.05, 0) is 35.7 Å². The highest BCUT2D eigenvalue weighted by atomic mass is 35.5. The van der Waals surface area contributed by atoms with Gasteiger partial charge < -0.3 is 5.73 Å². The van der Waals surface area contributed by atoms with Crippen molar-refractivity contribution in [2.45, 2.75) is 12.5 Å². The molecule has 1 aromatic carbocycles. The van der Waals surface area contributed by atoms with Crippen LogP contribution in [0.3, 0.4) is 0 Å². The molecule has 0 spiro atoms. The minimum atomic E-state index is -0.279. The number of halogens is 2. The van der Waals surface area contributed by atoms with Crippen molar-refractivity contribution in [3.63, 3.8) is 0 Å². The predicted octanol–water partition coefficient (Wildman–Crippen LogP) is 3.12. The molecule has 1 atom stereocenters. The molecule has 2 N–H and O–H groups in total. The molecule has 2 nitrogen and oxygen atoms in total. The first-order valence-corrected chi connectivity index (χ1v) is 5.64. The van der Waals surface area contributed by atoms with E-state index in [0.29, 0.717) is 11.4 Å². The van der Waals surface area contributed by atoms with Crippen LogP contribution in [0.5, 0.6) is 0 Å². The third-order valence-corrected chi connectivity index (χ3v) is 2.91. The summed E-state index contributed by atoms with van der Waals surface area (Å²) in [5.74, 6) is -0.279. The molecule has 0 radical (unpaired) electrons. The Kier molecular flexibility index (Phi) is 3.71. The van der Waals surface area contributed by atoms with Gasteiger partial charge in [-0.15, -0.1) is 0 Å². The third-order valence-electron chi connectivity index (χ3n) is 2.57. The van der Waals surface area contributed by atoms with E-state index in [-0.39, 0.29) is 11.9 Å². The minimum Gasteiger partial charge on any atom is -0.324 e. The highest BCUT2D eigenvalue weighted by molar-refractivity contribution is 6.31. The fraction of sp³-hybridized carbons (Fsp3) is 0.154. The molecule has 0 aliphatic carbocycles. The Morgan fingerprint density at radius 3 is 2.88 bits per heavy atom. The normalized spacial score (nSPS) is 12.4. The molecule has 1 heterocycles. The largest absolute Gasteiger partial charge is 0.324 e. The minimum absolute atomic E-state index is 0.273. The number of pyridine rings is 1. The number of benzene rings is 1. The molecule has 4 heteroatoms. The molecular formula is C13H12ClFN2. The summed E-state index contributed by atoms with van der Waals surface area (Å²) in [5, 5.41) is 0.583. The fourth-order valence-electron chi connectivity index (χ4n) is 1.66. The first kappa shape index (κ1) is 12.0. The van der Waals surface area contributed by atoms with E-state index in [9.17, 15) is 4.39 Å². The second kappa shape index (κ2) is 5.25. The second-order valence-corrected chi connectivity index (χ2v) is 4.24. The van der Waals surface area contributed by atoms with E-state index in [2.05, 4.69) is 4.98 Å². The van der Waals surface area contributed by atoms with E-state index in [1.807, 2.05) is 12.1 Å². The maximum atomic E-state index is 13.1. The molecule has 0 bridgehead atoms. The molecule has 88 valence electrons. The maximum Gasteiger partial charge on any atom is 0.123 e. The summed E-state index contributed by atoms with van der Waals surface area (Å²) in [5.41, 5.74) is 7.70. The van der Waals surface area contributed by atoms with Crippen LogP contribution in [0.15, 0.2) is 42.7 Å². The van der Waals surface area contributed by atoms with Crippen molar-refractivity contribution in [2.24, 2.45) is 5.73 Å². The van der Waals surface area contributed by atoms with Crippen molar-refractivity contribution < 1.29 is 4.39 Å². The van der Waals surface area contributed by atoms with Crippen LogP contribution in [-0.4, -0.2) is 4.98 Å². The summed E-state index contributed by atoms with van der Waals surface area (Å²) >= 11 is 5.99. The molecule has 17 heavy (non-hydrogen) atoms. The van der Waals surface area contributed by atoms with E-state index in [0.717, 1.165) is 11.1 Å². The Hall–Kier alpha value is -1.45. The van der Waals surface area contributed by atoms with Gasteiger partial charge in [0.05, 0.1) is 5.02 Å². The SMILES string of the molecule is NC(Cc1ccncc1Cl)c1cccc(F)c1. The molecule has 0 aliphatic rings. The van der Waals surface area contributed by atoms with Gasteiger partial charge in [0, 0.05) is 18.4 Å². The van der Waals surface area contributed by atoms with Gasteiger partial charge in [-0.25, -0.2) is 4.39 Å². The number of hydrogen-bond acceptors (Lipinski definition) is 2. The van der Waals surface area contributed by atoms with Crippen LogP contribution in [0.4, 0.5) is 4.39 Å². The van der Waals surface area contributed by atoms with Gasteiger partial charge in [0.1, 0.15) is 5.82 Å². The van der Waals surface area contributed by atoms with Gasteiger partial charge >= 0.3 is 0 Å². The standard InChI is InChI=1S/C13H12ClFN2/c14-12-8-17-5-4-9(12)7-13(16)10-2-1-3-11(15)6-10/h1-6,8,13H,7,16H2. The van der Waals surface area contributed by atoms with E-state index >= 15 is 0 Å². The van der Waals surface area contributed by atoms with Gasteiger partial charge in [-0.1, -0.05) is 23.7 Å². The molecule has 2 aromatic rings. The van der Waals surface area contributed by atoms with Crippen molar-refractivity contribution >= 4 is 11.6 Å². The van der Waals surface area contributed by atoms with Crippen molar-refractivity contribution in [3.8, 4) is 0 Å². The van der Waals surface area contributed by atoms with Crippen molar-refractivity contribution in [1.82, 2.24) is 4.98 Å². The van der Waals surface area contributed by atoms with Crippen LogP contribution in [-0.2, 0) is 6.42 Å². The van der Waals surface area contributed by atoms with Gasteiger partial charge in [0.2, 0.25) is 0 Å². The predicted molar refractivity (Wildman–Crippen MR) is 66.3 cm³/mol. The Balaban J connectivity index is 2.17. The van der Waals surface area contributed by atoms with Crippen molar-refractivity contribution in [1.29, 1.82) is 0 Å². The summed E-state index contributed by atoms with van der Waals surface area (Å²) in [6.45, 7) is 0. The van der Waals surface area contributed by atoms with Crippen LogP contribution in [0.1, 0.15) is 17.2 Å². The molecule has 0 saturated carbocycles. The van der Waals surface area contributed by atoms with Crippen LogP contribution in [0.2, 0.25) is 5.02 Å². The molecule has 0 saturated heterocycles. The first-order chi connectivity index (χ1) is 8.16. The van der Waals surface area contributed by atoms with Gasteiger partial charge in [-0.2, -0.15) is 0 Å². The van der Waals surface area contributed by atoms with E-state index in [1.165, 1.54) is 12.1 Å². The van der Waals surface area contributed by atoms with E-state index in [4.69, 9.17) is 17.3 Å². The quantitative estimate of drug-likeness (QED) is 0.909. The lowest BCUT2D eigenvalue weighted by Gasteiger charge is -2.12. The number of rotatable bonds is 3. The zero-order valence-corrected chi connectivity index (χ0v) is 9.86. The van der Waals surface area contributed by atoms with Gasteiger partial charge in [0.15, 0.2) is 0 Å². The molecule has 0 aliphatic heterocycles. The molecular weight excluding hydrogens is 239 g/mol. The molecule has 2 rings (SSSR count). The fourth-order valence-corrected chi connectivity index (χ4v) is 1.86.